The molecule has 0 heterocycles. The van der Waals surface area contributed by atoms with Crippen molar-refractivity contribution < 1.29 is 0 Å². The van der Waals surface area contributed by atoms with Crippen LogP contribution >= 0.6 is 0 Å². The topological polar surface area (TPSA) is 53.1 Å². The molecule has 2 aliphatic carbocycles. The van der Waals surface area contributed by atoms with E-state index in [0.29, 0.717) is 0 Å². The van der Waals surface area contributed by atoms with Crippen molar-refractivity contribution in [1.82, 2.24) is 0 Å². The number of anilines is 1. The fraction of sp³-hybridized carbons (Fsp3) is 0.562. The van der Waals surface area contributed by atoms with Crippen LogP contribution in [0.4, 0.5) is 5.69 Å². The quantitative estimate of drug-likeness (QED) is 0.608. The Morgan fingerprint density at radius 1 is 1.21 bits per heavy atom. The lowest BCUT2D eigenvalue weighted by atomic mass is 10.1. The van der Waals surface area contributed by atoms with Crippen LogP contribution in [-0.2, 0) is 0 Å². The summed E-state index contributed by atoms with van der Waals surface area (Å²) < 4.78 is 0. The Morgan fingerprint density at radius 2 is 1.79 bits per heavy atom. The van der Waals surface area contributed by atoms with Crippen LogP contribution in [0.1, 0.15) is 36.8 Å². The minimum Gasteiger partial charge on any atom is -0.384 e. The summed E-state index contributed by atoms with van der Waals surface area (Å²) in [5.41, 5.74) is 8.87. The highest BCUT2D eigenvalue weighted by atomic mass is 15.1. The van der Waals surface area contributed by atoms with Crippen LogP contribution in [0, 0.1) is 24.2 Å². The van der Waals surface area contributed by atoms with Gasteiger partial charge < -0.3 is 10.6 Å². The predicted octanol–water partition coefficient (Wildman–Crippen LogP) is 2.91. The maximum atomic E-state index is 7.56. The summed E-state index contributed by atoms with van der Waals surface area (Å²) in [5, 5.41) is 7.56. The van der Waals surface area contributed by atoms with Gasteiger partial charge in [0.2, 0.25) is 0 Å². The van der Waals surface area contributed by atoms with E-state index in [0.717, 1.165) is 23.0 Å². The lowest BCUT2D eigenvalue weighted by Crippen LogP contribution is -2.28. The molecule has 3 N–H and O–H groups in total. The Morgan fingerprint density at radius 3 is 2.21 bits per heavy atom. The molecule has 0 radical (unpaired) electrons. The Kier molecular flexibility index (Phi) is 3.21. The average Bonchev–Trinajstić information content (AvgIpc) is 3.22. The molecule has 0 bridgehead atoms. The van der Waals surface area contributed by atoms with Crippen molar-refractivity contribution in [2.75, 3.05) is 18.0 Å². The first kappa shape index (κ1) is 12.5. The second-order valence-electron chi connectivity index (χ2n) is 6.20. The van der Waals surface area contributed by atoms with Gasteiger partial charge in [-0.2, -0.15) is 0 Å². The highest BCUT2D eigenvalue weighted by Gasteiger charge is 2.29. The second-order valence-corrected chi connectivity index (χ2v) is 6.20. The molecule has 19 heavy (non-hydrogen) atoms. The number of benzene rings is 1. The fourth-order valence-electron chi connectivity index (χ4n) is 2.66. The molecule has 3 heteroatoms. The van der Waals surface area contributed by atoms with E-state index in [2.05, 4.69) is 17.0 Å². The molecule has 0 spiro atoms. The standard InChI is InChI=1S/C16H23N3/c1-11-8-14(6-7-15(11)16(17)18)19(9-12-2-3-12)10-13-4-5-13/h6-8,12-13H,2-5,9-10H2,1H3,(H3,17,18). The molecule has 0 saturated heterocycles. The maximum absolute atomic E-state index is 7.56. The summed E-state index contributed by atoms with van der Waals surface area (Å²) in [5.74, 6) is 1.98. The number of hydrogen-bond donors (Lipinski definition) is 2. The minimum absolute atomic E-state index is 0.167. The van der Waals surface area contributed by atoms with Crippen molar-refractivity contribution in [3.05, 3.63) is 29.3 Å². The van der Waals surface area contributed by atoms with Gasteiger partial charge in [-0.25, -0.2) is 0 Å². The fourth-order valence-corrected chi connectivity index (χ4v) is 2.66. The molecule has 0 atom stereocenters. The van der Waals surface area contributed by atoms with E-state index in [1.807, 2.05) is 13.0 Å². The summed E-state index contributed by atoms with van der Waals surface area (Å²) in [6.07, 6.45) is 5.58. The van der Waals surface area contributed by atoms with Crippen molar-refractivity contribution in [3.63, 3.8) is 0 Å². The molecule has 3 rings (SSSR count). The molecule has 1 aromatic carbocycles. The van der Waals surface area contributed by atoms with Gasteiger partial charge in [0.05, 0.1) is 0 Å². The maximum Gasteiger partial charge on any atom is 0.123 e. The molecule has 2 fully saturated rings. The highest BCUT2D eigenvalue weighted by molar-refractivity contribution is 5.96. The van der Waals surface area contributed by atoms with E-state index in [-0.39, 0.29) is 5.84 Å². The Hall–Kier alpha value is -1.51. The molecule has 0 aromatic heterocycles. The smallest absolute Gasteiger partial charge is 0.123 e. The number of nitrogens with one attached hydrogen (secondary N) is 1. The first-order valence-corrected chi connectivity index (χ1v) is 7.33. The normalized spacial score (nSPS) is 18.4. The number of nitrogens with zero attached hydrogens (tertiary/aromatic N) is 1. The predicted molar refractivity (Wildman–Crippen MR) is 79.9 cm³/mol. The van der Waals surface area contributed by atoms with E-state index in [4.69, 9.17) is 11.1 Å². The van der Waals surface area contributed by atoms with Gasteiger partial charge in [0.25, 0.3) is 0 Å². The molecule has 1 aromatic rings. The largest absolute Gasteiger partial charge is 0.384 e. The molecule has 0 amide bonds. The third kappa shape index (κ3) is 3.09. The van der Waals surface area contributed by atoms with E-state index in [9.17, 15) is 0 Å². The van der Waals surface area contributed by atoms with Gasteiger partial charge in [-0.15, -0.1) is 0 Å². The summed E-state index contributed by atoms with van der Waals surface area (Å²) in [6.45, 7) is 4.46. The summed E-state index contributed by atoms with van der Waals surface area (Å²) in [7, 11) is 0. The zero-order valence-corrected chi connectivity index (χ0v) is 11.7. The molecule has 0 aliphatic heterocycles. The monoisotopic (exact) mass is 257 g/mol. The van der Waals surface area contributed by atoms with Gasteiger partial charge in [0.15, 0.2) is 0 Å². The van der Waals surface area contributed by atoms with E-state index >= 15 is 0 Å². The second kappa shape index (κ2) is 4.87. The van der Waals surface area contributed by atoms with Crippen molar-refractivity contribution in [1.29, 1.82) is 5.41 Å². The Balaban J connectivity index is 1.79. The zero-order valence-electron chi connectivity index (χ0n) is 11.7. The number of nitrogens with two attached hydrogens (primary N) is 1. The molecule has 3 nitrogen and oxygen atoms in total. The summed E-state index contributed by atoms with van der Waals surface area (Å²) >= 11 is 0. The van der Waals surface area contributed by atoms with Gasteiger partial charge >= 0.3 is 0 Å². The number of nitrogen functional groups attached to an aromatic ring is 1. The Bertz CT molecular complexity index is 473. The van der Waals surface area contributed by atoms with Crippen molar-refractivity contribution in [2.45, 2.75) is 32.6 Å². The van der Waals surface area contributed by atoms with Crippen LogP contribution in [0.3, 0.4) is 0 Å². The van der Waals surface area contributed by atoms with E-state index in [1.165, 1.54) is 44.5 Å². The third-order valence-electron chi connectivity index (χ3n) is 4.22. The SMILES string of the molecule is Cc1cc(N(CC2CC2)CC2CC2)ccc1C(=N)N. The molecule has 0 unspecified atom stereocenters. The van der Waals surface area contributed by atoms with Gasteiger partial charge in [-0.1, -0.05) is 0 Å². The number of amidine groups is 1. The molecule has 2 saturated carbocycles. The highest BCUT2D eigenvalue weighted by Crippen LogP contribution is 2.36. The van der Waals surface area contributed by atoms with Crippen molar-refractivity contribution in [2.24, 2.45) is 17.6 Å². The van der Waals surface area contributed by atoms with E-state index < -0.39 is 0 Å². The minimum atomic E-state index is 0.167. The van der Waals surface area contributed by atoms with Crippen LogP contribution in [0.15, 0.2) is 18.2 Å². The average molecular weight is 257 g/mol. The van der Waals surface area contributed by atoms with Crippen LogP contribution in [0.25, 0.3) is 0 Å². The number of rotatable bonds is 6. The lowest BCUT2D eigenvalue weighted by Gasteiger charge is -2.25. The summed E-state index contributed by atoms with van der Waals surface area (Å²) in [4.78, 5) is 2.55. The molecule has 102 valence electrons. The van der Waals surface area contributed by atoms with Gasteiger partial charge in [-0.3, -0.25) is 5.41 Å². The van der Waals surface area contributed by atoms with Crippen LogP contribution in [0.2, 0.25) is 0 Å². The molecular formula is C16H23N3. The van der Waals surface area contributed by atoms with Gasteiger partial charge in [-0.05, 0) is 68.2 Å². The van der Waals surface area contributed by atoms with Crippen molar-refractivity contribution in [3.8, 4) is 0 Å². The number of aryl methyl sites for hydroxylation is 1. The zero-order chi connectivity index (χ0) is 13.4. The summed E-state index contributed by atoms with van der Waals surface area (Å²) in [6, 6.07) is 6.33. The van der Waals surface area contributed by atoms with Gasteiger partial charge in [0, 0.05) is 24.3 Å². The Labute approximate surface area is 115 Å². The van der Waals surface area contributed by atoms with E-state index in [1.54, 1.807) is 0 Å². The lowest BCUT2D eigenvalue weighted by molar-refractivity contribution is 0.679. The first-order valence-electron chi connectivity index (χ1n) is 7.33. The van der Waals surface area contributed by atoms with Gasteiger partial charge in [0.1, 0.15) is 5.84 Å². The number of hydrogen-bond acceptors (Lipinski definition) is 2. The van der Waals surface area contributed by atoms with Crippen LogP contribution in [-0.4, -0.2) is 18.9 Å². The van der Waals surface area contributed by atoms with Crippen LogP contribution < -0.4 is 10.6 Å². The third-order valence-corrected chi connectivity index (χ3v) is 4.22. The molecule has 2 aliphatic rings. The molecular weight excluding hydrogens is 234 g/mol. The first-order chi connectivity index (χ1) is 9.13. The van der Waals surface area contributed by atoms with Crippen LogP contribution in [0.5, 0.6) is 0 Å². The van der Waals surface area contributed by atoms with Crippen molar-refractivity contribution >= 4 is 11.5 Å².